The van der Waals surface area contributed by atoms with Gasteiger partial charge in [-0.15, -0.1) is 0 Å². The standard InChI is InChI=1S/C18H31NO5/c1-8-23-15(21)14-13(9-10-20)18(7,12(2)3)11-19(14)16(22)24-17(4,5)6/h13-14,20H,2,8-11H2,1,3-7H3/t13-,14+,18-/m1/s1. The van der Waals surface area contributed by atoms with E-state index in [0.29, 0.717) is 13.0 Å². The molecule has 6 heteroatoms. The Bertz CT molecular complexity index is 496. The zero-order valence-electron chi connectivity index (χ0n) is 15.7. The summed E-state index contributed by atoms with van der Waals surface area (Å²) in [6, 6.07) is -0.784. The Labute approximate surface area is 144 Å². The number of carbonyl (C=O) groups is 2. The Morgan fingerprint density at radius 2 is 1.96 bits per heavy atom. The van der Waals surface area contributed by atoms with Gasteiger partial charge >= 0.3 is 12.1 Å². The first kappa shape index (κ1) is 20.5. The van der Waals surface area contributed by atoms with Gasteiger partial charge in [0.15, 0.2) is 0 Å². The number of aliphatic hydroxyl groups is 1. The molecule has 0 aromatic rings. The number of carbonyl (C=O) groups excluding carboxylic acids is 2. The van der Waals surface area contributed by atoms with E-state index >= 15 is 0 Å². The Morgan fingerprint density at radius 3 is 2.38 bits per heavy atom. The second kappa shape index (κ2) is 7.55. The summed E-state index contributed by atoms with van der Waals surface area (Å²) >= 11 is 0. The van der Waals surface area contributed by atoms with E-state index in [9.17, 15) is 14.7 Å². The highest BCUT2D eigenvalue weighted by Gasteiger charge is 2.55. The number of amides is 1. The zero-order valence-corrected chi connectivity index (χ0v) is 15.7. The van der Waals surface area contributed by atoms with E-state index in [-0.39, 0.29) is 19.1 Å². The Hall–Kier alpha value is -1.56. The maximum absolute atomic E-state index is 12.6. The number of ether oxygens (including phenoxy) is 2. The topological polar surface area (TPSA) is 76.1 Å². The fourth-order valence-electron chi connectivity index (χ4n) is 3.22. The molecule has 0 aromatic carbocycles. The van der Waals surface area contributed by atoms with Crippen LogP contribution in [0.4, 0.5) is 4.79 Å². The third-order valence-electron chi connectivity index (χ3n) is 4.61. The van der Waals surface area contributed by atoms with Crippen molar-refractivity contribution in [3.63, 3.8) is 0 Å². The number of aliphatic hydroxyl groups excluding tert-OH is 1. The van der Waals surface area contributed by atoms with Crippen LogP contribution < -0.4 is 0 Å². The van der Waals surface area contributed by atoms with Gasteiger partial charge in [0.1, 0.15) is 11.6 Å². The predicted octanol–water partition coefficient (Wildman–Crippen LogP) is 2.75. The molecule has 1 rings (SSSR count). The normalized spacial score (nSPS) is 27.0. The summed E-state index contributed by atoms with van der Waals surface area (Å²) in [4.78, 5) is 26.6. The van der Waals surface area contributed by atoms with Crippen molar-refractivity contribution in [3.8, 4) is 0 Å². The maximum Gasteiger partial charge on any atom is 0.411 e. The summed E-state index contributed by atoms with van der Waals surface area (Å²) < 4.78 is 10.7. The second-order valence-corrected chi connectivity index (χ2v) is 7.62. The number of hydrogen-bond acceptors (Lipinski definition) is 5. The third kappa shape index (κ3) is 4.29. The van der Waals surface area contributed by atoms with Gasteiger partial charge in [0, 0.05) is 24.5 Å². The van der Waals surface area contributed by atoms with Crippen LogP contribution in [0.2, 0.25) is 0 Å². The lowest BCUT2D eigenvalue weighted by Gasteiger charge is -2.32. The Balaban J connectivity index is 3.26. The second-order valence-electron chi connectivity index (χ2n) is 7.62. The number of esters is 1. The quantitative estimate of drug-likeness (QED) is 0.615. The summed E-state index contributed by atoms with van der Waals surface area (Å²) in [5.41, 5.74) is -0.288. The van der Waals surface area contributed by atoms with Gasteiger partial charge in [-0.05, 0) is 41.0 Å². The SMILES string of the molecule is C=C(C)[C@@]1(C)CN(C(=O)OC(C)(C)C)[C@H](C(=O)OCC)[C@H]1CCO. The minimum atomic E-state index is -0.784. The van der Waals surface area contributed by atoms with Crippen LogP contribution in [-0.2, 0) is 14.3 Å². The zero-order chi connectivity index (χ0) is 18.7. The summed E-state index contributed by atoms with van der Waals surface area (Å²) in [7, 11) is 0. The van der Waals surface area contributed by atoms with E-state index in [1.807, 2.05) is 13.8 Å². The van der Waals surface area contributed by atoms with Crippen molar-refractivity contribution in [2.45, 2.75) is 59.6 Å². The van der Waals surface area contributed by atoms with Crippen molar-refractivity contribution in [2.75, 3.05) is 19.8 Å². The van der Waals surface area contributed by atoms with E-state index in [2.05, 4.69) is 6.58 Å². The molecular formula is C18H31NO5. The van der Waals surface area contributed by atoms with E-state index in [1.165, 1.54) is 4.90 Å². The van der Waals surface area contributed by atoms with Crippen LogP contribution in [0.3, 0.4) is 0 Å². The largest absolute Gasteiger partial charge is 0.464 e. The smallest absolute Gasteiger partial charge is 0.411 e. The Kier molecular flexibility index (Phi) is 6.45. The van der Waals surface area contributed by atoms with Gasteiger partial charge in [-0.1, -0.05) is 19.1 Å². The van der Waals surface area contributed by atoms with Crippen LogP contribution in [-0.4, -0.2) is 53.5 Å². The van der Waals surface area contributed by atoms with Gasteiger partial charge in [-0.2, -0.15) is 0 Å². The summed E-state index contributed by atoms with van der Waals surface area (Å²) in [6.45, 7) is 15.4. The number of hydrogen-bond donors (Lipinski definition) is 1. The van der Waals surface area contributed by atoms with Crippen molar-refractivity contribution in [2.24, 2.45) is 11.3 Å². The van der Waals surface area contributed by atoms with Gasteiger partial charge < -0.3 is 14.6 Å². The summed E-state index contributed by atoms with van der Waals surface area (Å²) in [5.74, 6) is -0.738. The molecule has 0 unspecified atom stereocenters. The van der Waals surface area contributed by atoms with Crippen molar-refractivity contribution in [3.05, 3.63) is 12.2 Å². The fourth-order valence-corrected chi connectivity index (χ4v) is 3.22. The number of rotatable bonds is 5. The molecule has 1 amide bonds. The molecule has 1 saturated heterocycles. The van der Waals surface area contributed by atoms with Crippen LogP contribution in [0.1, 0.15) is 48.0 Å². The van der Waals surface area contributed by atoms with Crippen LogP contribution in [0, 0.1) is 11.3 Å². The molecule has 0 radical (unpaired) electrons. The monoisotopic (exact) mass is 341 g/mol. The molecule has 0 aliphatic carbocycles. The van der Waals surface area contributed by atoms with Crippen LogP contribution in [0.25, 0.3) is 0 Å². The van der Waals surface area contributed by atoms with E-state index in [1.54, 1.807) is 27.7 Å². The predicted molar refractivity (Wildman–Crippen MR) is 91.5 cm³/mol. The molecule has 138 valence electrons. The van der Waals surface area contributed by atoms with Crippen molar-refractivity contribution in [1.29, 1.82) is 0 Å². The van der Waals surface area contributed by atoms with Crippen molar-refractivity contribution >= 4 is 12.1 Å². The first-order valence-corrected chi connectivity index (χ1v) is 8.41. The molecular weight excluding hydrogens is 310 g/mol. The highest BCUT2D eigenvalue weighted by Crippen LogP contribution is 2.47. The van der Waals surface area contributed by atoms with Gasteiger partial charge in [0.25, 0.3) is 0 Å². The molecule has 0 saturated carbocycles. The van der Waals surface area contributed by atoms with E-state index < -0.39 is 29.1 Å². The van der Waals surface area contributed by atoms with Gasteiger partial charge in [0.05, 0.1) is 6.61 Å². The number of nitrogens with zero attached hydrogens (tertiary/aromatic N) is 1. The first-order chi connectivity index (χ1) is 11.0. The molecule has 0 aromatic heterocycles. The van der Waals surface area contributed by atoms with Crippen molar-refractivity contribution in [1.82, 2.24) is 4.90 Å². The highest BCUT2D eigenvalue weighted by molar-refractivity contribution is 5.83. The Morgan fingerprint density at radius 1 is 1.38 bits per heavy atom. The lowest BCUT2D eigenvalue weighted by atomic mass is 9.71. The lowest BCUT2D eigenvalue weighted by Crippen LogP contribution is -2.46. The molecule has 6 nitrogen and oxygen atoms in total. The van der Waals surface area contributed by atoms with Gasteiger partial charge in [-0.25, -0.2) is 9.59 Å². The van der Waals surface area contributed by atoms with E-state index in [4.69, 9.17) is 9.47 Å². The van der Waals surface area contributed by atoms with Gasteiger partial charge in [0.2, 0.25) is 0 Å². The highest BCUT2D eigenvalue weighted by atomic mass is 16.6. The first-order valence-electron chi connectivity index (χ1n) is 8.41. The molecule has 1 aliphatic rings. The minimum Gasteiger partial charge on any atom is -0.464 e. The molecule has 24 heavy (non-hydrogen) atoms. The molecule has 0 spiro atoms. The lowest BCUT2D eigenvalue weighted by molar-refractivity contribution is -0.150. The summed E-state index contributed by atoms with van der Waals surface area (Å²) in [6.07, 6.45) is -0.167. The maximum atomic E-state index is 12.6. The van der Waals surface area contributed by atoms with E-state index in [0.717, 1.165) is 5.57 Å². The molecule has 3 atom stereocenters. The van der Waals surface area contributed by atoms with Crippen LogP contribution >= 0.6 is 0 Å². The third-order valence-corrected chi connectivity index (χ3v) is 4.61. The van der Waals surface area contributed by atoms with Crippen LogP contribution in [0.5, 0.6) is 0 Å². The van der Waals surface area contributed by atoms with Gasteiger partial charge in [-0.3, -0.25) is 4.90 Å². The minimum absolute atomic E-state index is 0.0778. The average molecular weight is 341 g/mol. The molecule has 1 N–H and O–H groups in total. The van der Waals surface area contributed by atoms with Crippen LogP contribution in [0.15, 0.2) is 12.2 Å². The summed E-state index contributed by atoms with van der Waals surface area (Å²) in [5, 5.41) is 9.46. The fraction of sp³-hybridized carbons (Fsp3) is 0.778. The number of likely N-dealkylation sites (tertiary alicyclic amines) is 1. The van der Waals surface area contributed by atoms with Crippen molar-refractivity contribution < 1.29 is 24.2 Å². The molecule has 1 aliphatic heterocycles. The molecule has 1 heterocycles. The average Bonchev–Trinajstić information content (AvgIpc) is 2.73. The molecule has 0 bridgehead atoms. The molecule has 1 fully saturated rings.